The van der Waals surface area contributed by atoms with Gasteiger partial charge in [-0.3, -0.25) is 0 Å². The molecule has 1 N–H and O–H groups in total. The fourth-order valence-electron chi connectivity index (χ4n) is 1.02. The van der Waals surface area contributed by atoms with Crippen LogP contribution in [0.2, 0.25) is 0 Å². The van der Waals surface area contributed by atoms with E-state index in [9.17, 15) is 0 Å². The van der Waals surface area contributed by atoms with Gasteiger partial charge < -0.3 is 4.98 Å². The molecule has 0 bridgehead atoms. The van der Waals surface area contributed by atoms with Gasteiger partial charge in [0.1, 0.15) is 0 Å². The third-order valence-electron chi connectivity index (χ3n) is 1.68. The zero-order chi connectivity index (χ0) is 9.64. The summed E-state index contributed by atoms with van der Waals surface area (Å²) in [6.45, 7) is 0. The fourth-order valence-corrected chi connectivity index (χ4v) is 2.94. The molecule has 0 saturated heterocycles. The first kappa shape index (κ1) is 9.68. The van der Waals surface area contributed by atoms with Crippen molar-refractivity contribution in [2.24, 2.45) is 0 Å². The molecule has 2 nitrogen and oxygen atoms in total. The second kappa shape index (κ2) is 5.12. The van der Waals surface area contributed by atoms with Crippen LogP contribution < -0.4 is 0 Å². The first-order valence-electron chi connectivity index (χ1n) is 4.28. The van der Waals surface area contributed by atoms with Gasteiger partial charge in [0.25, 0.3) is 0 Å². The Balaban J connectivity index is 1.79. The summed E-state index contributed by atoms with van der Waals surface area (Å²) < 4.78 is 0. The standard InChI is InChI=1S/C10H10N2S2/c1-2-4-9(5-3-1)8-13-14-10-11-6-7-12-10/h1-7H,8H2,(H,11,12). The topological polar surface area (TPSA) is 28.7 Å². The van der Waals surface area contributed by atoms with E-state index in [1.165, 1.54) is 5.56 Å². The Bertz CT molecular complexity index is 359. The molecule has 72 valence electrons. The second-order valence-electron chi connectivity index (χ2n) is 2.73. The van der Waals surface area contributed by atoms with Crippen LogP contribution in [-0.2, 0) is 5.75 Å². The van der Waals surface area contributed by atoms with Gasteiger partial charge in [-0.25, -0.2) is 4.98 Å². The quantitative estimate of drug-likeness (QED) is 0.804. The summed E-state index contributed by atoms with van der Waals surface area (Å²) in [6, 6.07) is 10.4. The zero-order valence-corrected chi connectivity index (χ0v) is 9.15. The van der Waals surface area contributed by atoms with Crippen LogP contribution in [0, 0.1) is 0 Å². The third kappa shape index (κ3) is 2.82. The van der Waals surface area contributed by atoms with E-state index in [0.29, 0.717) is 0 Å². The number of H-pyrrole nitrogens is 1. The average Bonchev–Trinajstić information content (AvgIpc) is 2.72. The van der Waals surface area contributed by atoms with Crippen LogP contribution in [0.3, 0.4) is 0 Å². The summed E-state index contributed by atoms with van der Waals surface area (Å²) in [5, 5.41) is 0.964. The van der Waals surface area contributed by atoms with Gasteiger partial charge in [0.05, 0.1) is 0 Å². The minimum Gasteiger partial charge on any atom is -0.339 e. The number of rotatable bonds is 4. The minimum atomic E-state index is 0.964. The summed E-state index contributed by atoms with van der Waals surface area (Å²) in [5.74, 6) is 1.01. The van der Waals surface area contributed by atoms with Crippen LogP contribution in [-0.4, -0.2) is 9.97 Å². The highest BCUT2D eigenvalue weighted by Gasteiger charge is 1.96. The molecule has 1 aromatic carbocycles. The van der Waals surface area contributed by atoms with Gasteiger partial charge in [-0.15, -0.1) is 0 Å². The number of hydrogen-bond donors (Lipinski definition) is 1. The van der Waals surface area contributed by atoms with Crippen LogP contribution in [0.4, 0.5) is 0 Å². The summed E-state index contributed by atoms with van der Waals surface area (Å²) in [4.78, 5) is 7.19. The average molecular weight is 222 g/mol. The Morgan fingerprint density at radius 1 is 1.21 bits per heavy atom. The number of aromatic nitrogens is 2. The van der Waals surface area contributed by atoms with E-state index >= 15 is 0 Å². The van der Waals surface area contributed by atoms with Crippen molar-refractivity contribution >= 4 is 21.6 Å². The molecule has 0 aliphatic carbocycles. The van der Waals surface area contributed by atoms with E-state index in [0.717, 1.165) is 10.9 Å². The van der Waals surface area contributed by atoms with E-state index in [1.807, 2.05) is 12.3 Å². The van der Waals surface area contributed by atoms with Gasteiger partial charge in [-0.1, -0.05) is 41.1 Å². The molecule has 0 amide bonds. The Hall–Kier alpha value is -0.870. The van der Waals surface area contributed by atoms with Crippen molar-refractivity contribution in [1.82, 2.24) is 9.97 Å². The van der Waals surface area contributed by atoms with Crippen LogP contribution in [0.1, 0.15) is 5.56 Å². The minimum absolute atomic E-state index is 0.964. The van der Waals surface area contributed by atoms with E-state index in [4.69, 9.17) is 0 Å². The summed E-state index contributed by atoms with van der Waals surface area (Å²) >= 11 is 0. The summed E-state index contributed by atoms with van der Waals surface area (Å²) in [6.07, 6.45) is 3.61. The highest BCUT2D eigenvalue weighted by Crippen LogP contribution is 2.30. The Labute approximate surface area is 90.9 Å². The Morgan fingerprint density at radius 2 is 2.07 bits per heavy atom. The molecule has 0 aliphatic heterocycles. The predicted octanol–water partition coefficient (Wildman–Crippen LogP) is 3.35. The van der Waals surface area contributed by atoms with Gasteiger partial charge in [0.2, 0.25) is 0 Å². The smallest absolute Gasteiger partial charge is 0.176 e. The van der Waals surface area contributed by atoms with E-state index < -0.39 is 0 Å². The number of hydrogen-bond acceptors (Lipinski definition) is 3. The fraction of sp³-hybridized carbons (Fsp3) is 0.100. The molecule has 0 aliphatic rings. The number of nitrogens with one attached hydrogen (secondary N) is 1. The predicted molar refractivity (Wildman–Crippen MR) is 62.2 cm³/mol. The zero-order valence-electron chi connectivity index (χ0n) is 7.51. The SMILES string of the molecule is c1ccc(CSSc2ncc[nH]2)cc1. The molecule has 2 aromatic rings. The maximum Gasteiger partial charge on any atom is 0.176 e. The molecule has 0 atom stereocenters. The molecule has 0 radical (unpaired) electrons. The molecule has 0 unspecified atom stereocenters. The van der Waals surface area contributed by atoms with Crippen molar-refractivity contribution in [2.75, 3.05) is 0 Å². The van der Waals surface area contributed by atoms with Crippen molar-refractivity contribution in [3.8, 4) is 0 Å². The van der Waals surface area contributed by atoms with Crippen LogP contribution >= 0.6 is 21.6 Å². The van der Waals surface area contributed by atoms with Gasteiger partial charge in [-0.2, -0.15) is 0 Å². The molecule has 0 spiro atoms. The third-order valence-corrected chi connectivity index (χ3v) is 3.81. The van der Waals surface area contributed by atoms with Crippen molar-refractivity contribution in [3.63, 3.8) is 0 Å². The highest BCUT2D eigenvalue weighted by molar-refractivity contribution is 8.76. The lowest BCUT2D eigenvalue weighted by Gasteiger charge is -1.98. The number of imidazole rings is 1. The number of aromatic amines is 1. The summed E-state index contributed by atoms with van der Waals surface area (Å²) in [5.41, 5.74) is 1.34. The molecule has 1 aromatic heterocycles. The highest BCUT2D eigenvalue weighted by atomic mass is 33.1. The monoisotopic (exact) mass is 222 g/mol. The van der Waals surface area contributed by atoms with Crippen molar-refractivity contribution < 1.29 is 0 Å². The van der Waals surface area contributed by atoms with Crippen LogP contribution in [0.25, 0.3) is 0 Å². The van der Waals surface area contributed by atoms with Crippen molar-refractivity contribution in [2.45, 2.75) is 10.9 Å². The molecule has 0 fully saturated rings. The largest absolute Gasteiger partial charge is 0.339 e. The molecular weight excluding hydrogens is 212 g/mol. The van der Waals surface area contributed by atoms with E-state index in [1.54, 1.807) is 27.8 Å². The van der Waals surface area contributed by atoms with Gasteiger partial charge in [-0.05, 0) is 16.4 Å². The molecule has 0 saturated carbocycles. The molecule has 4 heteroatoms. The normalized spacial score (nSPS) is 10.3. The van der Waals surface area contributed by atoms with Crippen molar-refractivity contribution in [1.29, 1.82) is 0 Å². The lowest BCUT2D eigenvalue weighted by atomic mass is 10.2. The number of benzene rings is 1. The molecule has 2 rings (SSSR count). The van der Waals surface area contributed by atoms with Gasteiger partial charge in [0, 0.05) is 18.1 Å². The molecular formula is C10H10N2S2. The second-order valence-corrected chi connectivity index (χ2v) is 5.01. The first-order valence-corrected chi connectivity index (χ1v) is 6.60. The molecule has 1 heterocycles. The maximum absolute atomic E-state index is 4.13. The first-order chi connectivity index (χ1) is 6.95. The van der Waals surface area contributed by atoms with E-state index in [-0.39, 0.29) is 0 Å². The van der Waals surface area contributed by atoms with E-state index in [2.05, 4.69) is 34.2 Å². The van der Waals surface area contributed by atoms with Crippen molar-refractivity contribution in [3.05, 3.63) is 48.3 Å². The lowest BCUT2D eigenvalue weighted by Crippen LogP contribution is -1.76. The lowest BCUT2D eigenvalue weighted by molar-refractivity contribution is 1.07. The Kier molecular flexibility index (Phi) is 3.54. The number of nitrogens with zero attached hydrogens (tertiary/aromatic N) is 1. The van der Waals surface area contributed by atoms with Gasteiger partial charge >= 0.3 is 0 Å². The van der Waals surface area contributed by atoms with Crippen LogP contribution in [0.15, 0.2) is 47.9 Å². The molecule has 14 heavy (non-hydrogen) atoms. The van der Waals surface area contributed by atoms with Crippen LogP contribution in [0.5, 0.6) is 0 Å². The Morgan fingerprint density at radius 3 is 2.79 bits per heavy atom. The maximum atomic E-state index is 4.13. The summed E-state index contributed by atoms with van der Waals surface area (Å²) in [7, 11) is 3.46. The van der Waals surface area contributed by atoms with Gasteiger partial charge in [0.15, 0.2) is 5.16 Å².